The van der Waals surface area contributed by atoms with E-state index in [0.29, 0.717) is 10.9 Å². The molecule has 0 spiro atoms. The number of amides is 1. The van der Waals surface area contributed by atoms with Gasteiger partial charge in [0.2, 0.25) is 5.91 Å². The summed E-state index contributed by atoms with van der Waals surface area (Å²) < 4.78 is 0. The van der Waals surface area contributed by atoms with E-state index in [1.807, 2.05) is 6.07 Å². The molecule has 104 valence electrons. The number of hydrogen-bond donors (Lipinski definition) is 2. The Bertz CT molecular complexity index is 502. The van der Waals surface area contributed by atoms with E-state index in [9.17, 15) is 4.79 Å². The van der Waals surface area contributed by atoms with Gasteiger partial charge >= 0.3 is 0 Å². The van der Waals surface area contributed by atoms with E-state index >= 15 is 0 Å². The van der Waals surface area contributed by atoms with Gasteiger partial charge in [-0.25, -0.2) is 0 Å². The topological polar surface area (TPSA) is 58.4 Å². The Morgan fingerprint density at radius 2 is 2.16 bits per heavy atom. The van der Waals surface area contributed by atoms with Crippen LogP contribution >= 0.6 is 11.6 Å². The molecule has 1 aliphatic rings. The number of nitrogens with zero attached hydrogens (tertiary/aromatic N) is 1. The second kappa shape index (κ2) is 5.39. The van der Waals surface area contributed by atoms with Crippen LogP contribution in [0.15, 0.2) is 12.1 Å². The van der Waals surface area contributed by atoms with Crippen molar-refractivity contribution >= 4 is 28.9 Å². The van der Waals surface area contributed by atoms with Gasteiger partial charge in [0, 0.05) is 24.3 Å². The normalized spacial score (nSPS) is 17.6. The highest BCUT2D eigenvalue weighted by Crippen LogP contribution is 2.38. The average Bonchev–Trinajstić information content (AvgIpc) is 2.62. The lowest BCUT2D eigenvalue weighted by Gasteiger charge is -2.26. The minimum atomic E-state index is -0.610. The van der Waals surface area contributed by atoms with Gasteiger partial charge < -0.3 is 16.0 Å². The summed E-state index contributed by atoms with van der Waals surface area (Å²) in [6.45, 7) is 8.23. The van der Waals surface area contributed by atoms with Crippen LogP contribution in [0.5, 0.6) is 0 Å². The fourth-order valence-electron chi connectivity index (χ4n) is 2.38. The minimum absolute atomic E-state index is 0.171. The van der Waals surface area contributed by atoms with Crippen molar-refractivity contribution in [1.29, 1.82) is 0 Å². The van der Waals surface area contributed by atoms with Gasteiger partial charge in [0.15, 0.2) is 0 Å². The third-order valence-electron chi connectivity index (χ3n) is 3.30. The molecule has 0 saturated heterocycles. The minimum Gasteiger partial charge on any atom is -0.370 e. The molecule has 5 heteroatoms. The first-order valence-electron chi connectivity index (χ1n) is 6.58. The maximum atomic E-state index is 11.6. The molecular weight excluding hydrogens is 262 g/mol. The van der Waals surface area contributed by atoms with Crippen LogP contribution < -0.4 is 16.0 Å². The number of carbonyl (C=O) groups is 1. The largest absolute Gasteiger partial charge is 0.370 e. The Kier molecular flexibility index (Phi) is 4.02. The Balaban J connectivity index is 2.38. The van der Waals surface area contributed by atoms with E-state index in [0.717, 1.165) is 30.0 Å². The van der Waals surface area contributed by atoms with Crippen molar-refractivity contribution in [2.75, 3.05) is 23.3 Å². The molecule has 2 rings (SSSR count). The number of benzene rings is 1. The third kappa shape index (κ3) is 2.69. The summed E-state index contributed by atoms with van der Waals surface area (Å²) in [7, 11) is 0. The molecule has 1 atom stereocenters. The molecule has 1 aromatic carbocycles. The number of fused-ring (bicyclic) bond motifs is 1. The lowest BCUT2D eigenvalue weighted by Crippen LogP contribution is -2.27. The smallest absolute Gasteiger partial charge is 0.245 e. The molecule has 4 nitrogen and oxygen atoms in total. The number of nitrogens with one attached hydrogen (secondary N) is 1. The zero-order chi connectivity index (χ0) is 14.2. The maximum absolute atomic E-state index is 11.6. The summed E-state index contributed by atoms with van der Waals surface area (Å²) in [4.78, 5) is 13.8. The predicted octanol–water partition coefficient (Wildman–Crippen LogP) is 2.77. The highest BCUT2D eigenvalue weighted by Gasteiger charge is 2.29. The van der Waals surface area contributed by atoms with Crippen molar-refractivity contribution in [3.8, 4) is 0 Å². The number of rotatable bonds is 4. The van der Waals surface area contributed by atoms with Gasteiger partial charge in [-0.3, -0.25) is 4.79 Å². The van der Waals surface area contributed by atoms with Gasteiger partial charge in [-0.15, -0.1) is 0 Å². The number of carbonyl (C=O) groups excluding carboxylic acids is 1. The fourth-order valence-corrected chi connectivity index (χ4v) is 2.67. The zero-order valence-corrected chi connectivity index (χ0v) is 12.3. The lowest BCUT2D eigenvalue weighted by molar-refractivity contribution is -0.116. The predicted molar refractivity (Wildman–Crippen MR) is 79.7 cm³/mol. The van der Waals surface area contributed by atoms with Gasteiger partial charge in [-0.2, -0.15) is 0 Å². The molecule has 1 heterocycles. The van der Waals surface area contributed by atoms with Crippen molar-refractivity contribution in [2.45, 2.75) is 26.8 Å². The quantitative estimate of drug-likeness (QED) is 0.892. The highest BCUT2D eigenvalue weighted by molar-refractivity contribution is 6.33. The Hall–Kier alpha value is -1.26. The molecule has 1 unspecified atom stereocenters. The van der Waals surface area contributed by atoms with E-state index in [4.69, 9.17) is 17.3 Å². The van der Waals surface area contributed by atoms with Crippen molar-refractivity contribution in [3.05, 3.63) is 22.7 Å². The van der Waals surface area contributed by atoms with Gasteiger partial charge in [0.05, 0.1) is 10.7 Å². The SMILES string of the molecule is CCN(CC(C)C)c1cc2c(cc1Cl)C(N)C(=O)N2. The fraction of sp³-hybridized carbons (Fsp3) is 0.500. The van der Waals surface area contributed by atoms with Gasteiger partial charge in [0.25, 0.3) is 0 Å². The lowest BCUT2D eigenvalue weighted by atomic mass is 10.1. The summed E-state index contributed by atoms with van der Waals surface area (Å²) >= 11 is 6.34. The van der Waals surface area contributed by atoms with Crippen molar-refractivity contribution in [3.63, 3.8) is 0 Å². The van der Waals surface area contributed by atoms with Crippen molar-refractivity contribution in [1.82, 2.24) is 0 Å². The molecule has 0 aromatic heterocycles. The molecule has 19 heavy (non-hydrogen) atoms. The van der Waals surface area contributed by atoms with E-state index in [1.54, 1.807) is 6.07 Å². The Morgan fingerprint density at radius 3 is 2.74 bits per heavy atom. The van der Waals surface area contributed by atoms with Gasteiger partial charge in [0.1, 0.15) is 6.04 Å². The van der Waals surface area contributed by atoms with Gasteiger partial charge in [-0.05, 0) is 25.0 Å². The standard InChI is InChI=1S/C14H20ClN3O/c1-4-18(7-8(2)3)12-6-11-9(5-10(12)15)13(16)14(19)17-11/h5-6,8,13H,4,7,16H2,1-3H3,(H,17,19). The number of nitrogens with two attached hydrogens (primary N) is 1. The van der Waals surface area contributed by atoms with Crippen LogP contribution in [0.4, 0.5) is 11.4 Å². The average molecular weight is 282 g/mol. The van der Waals surface area contributed by atoms with Crippen LogP contribution in [0.2, 0.25) is 5.02 Å². The molecule has 0 radical (unpaired) electrons. The number of anilines is 2. The Morgan fingerprint density at radius 1 is 1.47 bits per heavy atom. The second-order valence-corrected chi connectivity index (χ2v) is 5.70. The van der Waals surface area contributed by atoms with Crippen LogP contribution in [0.3, 0.4) is 0 Å². The van der Waals surface area contributed by atoms with E-state index in [-0.39, 0.29) is 5.91 Å². The molecule has 0 bridgehead atoms. The molecule has 1 aromatic rings. The number of hydrogen-bond acceptors (Lipinski definition) is 3. The highest BCUT2D eigenvalue weighted by atomic mass is 35.5. The second-order valence-electron chi connectivity index (χ2n) is 5.29. The first-order valence-corrected chi connectivity index (χ1v) is 6.96. The summed E-state index contributed by atoms with van der Waals surface area (Å²) in [5.74, 6) is 0.372. The molecule has 0 saturated carbocycles. The molecule has 0 aliphatic carbocycles. The van der Waals surface area contributed by atoms with Crippen LogP contribution in [-0.2, 0) is 4.79 Å². The monoisotopic (exact) mass is 281 g/mol. The Labute approximate surface area is 118 Å². The van der Waals surface area contributed by atoms with Gasteiger partial charge in [-0.1, -0.05) is 25.4 Å². The molecular formula is C14H20ClN3O. The first kappa shape index (κ1) is 14.2. The van der Waals surface area contributed by atoms with Crippen LogP contribution in [0.25, 0.3) is 0 Å². The van der Waals surface area contributed by atoms with Crippen LogP contribution in [0, 0.1) is 5.92 Å². The summed E-state index contributed by atoms with van der Waals surface area (Å²) in [6, 6.07) is 3.12. The first-order chi connectivity index (χ1) is 8.93. The van der Waals surface area contributed by atoms with E-state index < -0.39 is 6.04 Å². The van der Waals surface area contributed by atoms with Crippen LogP contribution in [0.1, 0.15) is 32.4 Å². The van der Waals surface area contributed by atoms with E-state index in [1.165, 1.54) is 0 Å². The van der Waals surface area contributed by atoms with Crippen molar-refractivity contribution in [2.24, 2.45) is 11.7 Å². The third-order valence-corrected chi connectivity index (χ3v) is 3.61. The summed E-state index contributed by atoms with van der Waals surface area (Å²) in [5, 5.41) is 3.44. The van der Waals surface area contributed by atoms with Crippen molar-refractivity contribution < 1.29 is 4.79 Å². The molecule has 1 amide bonds. The molecule has 3 N–H and O–H groups in total. The number of halogens is 1. The van der Waals surface area contributed by atoms with E-state index in [2.05, 4.69) is 31.0 Å². The van der Waals surface area contributed by atoms with Crippen LogP contribution in [-0.4, -0.2) is 19.0 Å². The molecule has 1 aliphatic heterocycles. The summed E-state index contributed by atoms with van der Waals surface area (Å²) in [6.07, 6.45) is 0. The maximum Gasteiger partial charge on any atom is 0.245 e. The summed E-state index contributed by atoms with van der Waals surface area (Å²) in [5.41, 5.74) is 8.32. The molecule has 0 fully saturated rings. The zero-order valence-electron chi connectivity index (χ0n) is 11.5.